The van der Waals surface area contributed by atoms with Crippen molar-refractivity contribution >= 4 is 5.96 Å². The molecule has 0 radical (unpaired) electrons. The van der Waals surface area contributed by atoms with Crippen LogP contribution in [0.4, 0.5) is 0 Å². The molecule has 1 aliphatic carbocycles. The Labute approximate surface area is 164 Å². The number of benzene rings is 1. The molecule has 2 heterocycles. The van der Waals surface area contributed by atoms with Gasteiger partial charge < -0.3 is 10.6 Å². The minimum Gasteiger partial charge on any atom is -0.356 e. The van der Waals surface area contributed by atoms with E-state index in [1.807, 2.05) is 7.05 Å². The maximum Gasteiger partial charge on any atom is 0.191 e. The normalized spacial score (nSPS) is 30.4. The van der Waals surface area contributed by atoms with E-state index in [0.29, 0.717) is 23.5 Å². The Kier molecular flexibility index (Phi) is 5.72. The van der Waals surface area contributed by atoms with Crippen LogP contribution in [0.3, 0.4) is 0 Å². The molecule has 1 saturated carbocycles. The third kappa shape index (κ3) is 4.48. The molecule has 0 amide bonds. The van der Waals surface area contributed by atoms with Crippen molar-refractivity contribution in [1.82, 2.24) is 15.5 Å². The van der Waals surface area contributed by atoms with Crippen LogP contribution in [0.1, 0.15) is 63.9 Å². The van der Waals surface area contributed by atoms with Gasteiger partial charge in [0.25, 0.3) is 0 Å². The van der Waals surface area contributed by atoms with Gasteiger partial charge in [0.15, 0.2) is 5.96 Å². The van der Waals surface area contributed by atoms with Crippen LogP contribution in [0.5, 0.6) is 0 Å². The highest BCUT2D eigenvalue weighted by Gasteiger charge is 2.40. The van der Waals surface area contributed by atoms with Crippen molar-refractivity contribution in [2.24, 2.45) is 10.4 Å². The highest BCUT2D eigenvalue weighted by Crippen LogP contribution is 2.38. The molecule has 148 valence electrons. The Morgan fingerprint density at radius 1 is 1.11 bits per heavy atom. The molecule has 4 nitrogen and oxygen atoms in total. The molecule has 27 heavy (non-hydrogen) atoms. The lowest BCUT2D eigenvalue weighted by molar-refractivity contribution is 0.114. The predicted molar refractivity (Wildman–Crippen MR) is 113 cm³/mol. The number of hydrogen-bond donors (Lipinski definition) is 2. The average Bonchev–Trinajstić information content (AvgIpc) is 3.20. The van der Waals surface area contributed by atoms with Gasteiger partial charge in [-0.05, 0) is 49.5 Å². The van der Waals surface area contributed by atoms with Crippen LogP contribution in [0.25, 0.3) is 0 Å². The molecule has 3 fully saturated rings. The molecule has 2 saturated heterocycles. The Hall–Kier alpha value is -1.55. The van der Waals surface area contributed by atoms with E-state index in [1.54, 1.807) is 0 Å². The van der Waals surface area contributed by atoms with Crippen LogP contribution in [0.2, 0.25) is 0 Å². The number of aliphatic imine (C=N–C) groups is 1. The average molecular weight is 369 g/mol. The van der Waals surface area contributed by atoms with Gasteiger partial charge in [0.05, 0.1) is 0 Å². The van der Waals surface area contributed by atoms with Gasteiger partial charge in [0.2, 0.25) is 0 Å². The quantitative estimate of drug-likeness (QED) is 0.611. The molecule has 2 unspecified atom stereocenters. The van der Waals surface area contributed by atoms with Gasteiger partial charge in [-0.3, -0.25) is 9.89 Å². The Morgan fingerprint density at radius 3 is 2.41 bits per heavy atom. The van der Waals surface area contributed by atoms with Crippen molar-refractivity contribution < 1.29 is 0 Å². The number of nitrogens with zero attached hydrogens (tertiary/aromatic N) is 2. The van der Waals surface area contributed by atoms with Crippen molar-refractivity contribution in [2.45, 2.75) is 83.0 Å². The minimum absolute atomic E-state index is 0.454. The first-order valence-electron chi connectivity index (χ1n) is 10.9. The summed E-state index contributed by atoms with van der Waals surface area (Å²) < 4.78 is 0. The zero-order valence-electron chi connectivity index (χ0n) is 17.1. The van der Waals surface area contributed by atoms with Gasteiger partial charge in [-0.2, -0.15) is 0 Å². The lowest BCUT2D eigenvalue weighted by Crippen LogP contribution is -2.53. The predicted octanol–water partition coefficient (Wildman–Crippen LogP) is 3.93. The molecule has 4 heteroatoms. The van der Waals surface area contributed by atoms with E-state index in [9.17, 15) is 0 Å². The summed E-state index contributed by atoms with van der Waals surface area (Å²) in [7, 11) is 1.91. The summed E-state index contributed by atoms with van der Waals surface area (Å²) >= 11 is 0. The number of piperidine rings is 1. The van der Waals surface area contributed by atoms with Crippen molar-refractivity contribution in [3.63, 3.8) is 0 Å². The number of fused-ring (bicyclic) bond motifs is 2. The maximum absolute atomic E-state index is 4.51. The summed E-state index contributed by atoms with van der Waals surface area (Å²) in [5.41, 5.74) is 1.90. The Morgan fingerprint density at radius 2 is 1.78 bits per heavy atom. The molecule has 1 aromatic rings. The molecular weight excluding hydrogens is 332 g/mol. The maximum atomic E-state index is 4.51. The summed E-state index contributed by atoms with van der Waals surface area (Å²) in [5, 5.41) is 7.37. The van der Waals surface area contributed by atoms with Crippen molar-refractivity contribution in [1.29, 1.82) is 0 Å². The third-order valence-corrected chi connectivity index (χ3v) is 7.15. The first-order valence-corrected chi connectivity index (χ1v) is 10.9. The fourth-order valence-corrected chi connectivity index (χ4v) is 5.53. The summed E-state index contributed by atoms with van der Waals surface area (Å²) in [4.78, 5) is 7.27. The summed E-state index contributed by atoms with van der Waals surface area (Å²) in [5.74, 6) is 1.00. The topological polar surface area (TPSA) is 39.7 Å². The van der Waals surface area contributed by atoms with Gasteiger partial charge in [-0.25, -0.2) is 0 Å². The molecule has 4 rings (SSSR count). The van der Waals surface area contributed by atoms with E-state index in [0.717, 1.165) is 19.0 Å². The minimum atomic E-state index is 0.454. The van der Waals surface area contributed by atoms with E-state index in [1.165, 1.54) is 56.9 Å². The number of rotatable bonds is 5. The van der Waals surface area contributed by atoms with Crippen molar-refractivity contribution in [3.8, 4) is 0 Å². The molecule has 3 aliphatic rings. The lowest BCUT2D eigenvalue weighted by Gasteiger charge is -2.40. The summed E-state index contributed by atoms with van der Waals surface area (Å²) in [6.45, 7) is 4.57. The second-order valence-electron chi connectivity index (χ2n) is 9.30. The largest absolute Gasteiger partial charge is 0.356 e. The fourth-order valence-electron chi connectivity index (χ4n) is 5.53. The van der Waals surface area contributed by atoms with Crippen LogP contribution < -0.4 is 10.6 Å². The number of guanidine groups is 1. The Bertz CT molecular complexity index is 621. The van der Waals surface area contributed by atoms with Gasteiger partial charge in [0.1, 0.15) is 0 Å². The molecule has 2 bridgehead atoms. The number of hydrogen-bond acceptors (Lipinski definition) is 2. The molecule has 2 atom stereocenters. The Balaban J connectivity index is 1.30. The third-order valence-electron chi connectivity index (χ3n) is 7.15. The lowest BCUT2D eigenvalue weighted by atomic mass is 9.89. The molecule has 2 N–H and O–H groups in total. The monoisotopic (exact) mass is 368 g/mol. The van der Waals surface area contributed by atoms with E-state index < -0.39 is 0 Å². The van der Waals surface area contributed by atoms with Crippen LogP contribution in [0.15, 0.2) is 35.3 Å². The molecule has 2 aliphatic heterocycles. The summed E-state index contributed by atoms with van der Waals surface area (Å²) in [6.07, 6.45) is 10.6. The smallest absolute Gasteiger partial charge is 0.191 e. The standard InChI is InChI=1S/C23H36N4/c1-23(12-6-7-13-23)17-25-22(24-2)26-19-14-20-10-11-21(15-19)27(20)16-18-8-4-3-5-9-18/h3-5,8-9,19-21H,6-7,10-17H2,1-2H3,(H2,24,25,26). The highest BCUT2D eigenvalue weighted by atomic mass is 15.3. The van der Waals surface area contributed by atoms with Gasteiger partial charge in [-0.1, -0.05) is 50.1 Å². The first-order chi connectivity index (χ1) is 13.1. The van der Waals surface area contributed by atoms with Gasteiger partial charge in [-0.15, -0.1) is 0 Å². The van der Waals surface area contributed by atoms with Gasteiger partial charge >= 0.3 is 0 Å². The fraction of sp³-hybridized carbons (Fsp3) is 0.696. The van der Waals surface area contributed by atoms with Crippen LogP contribution >= 0.6 is 0 Å². The molecule has 1 aromatic carbocycles. The van der Waals surface area contributed by atoms with Gasteiger partial charge in [0, 0.05) is 38.3 Å². The van der Waals surface area contributed by atoms with Crippen LogP contribution in [-0.4, -0.2) is 42.6 Å². The molecule has 0 spiro atoms. The van der Waals surface area contributed by atoms with E-state index in [4.69, 9.17) is 0 Å². The van der Waals surface area contributed by atoms with E-state index in [2.05, 4.69) is 57.8 Å². The van der Waals surface area contributed by atoms with Crippen LogP contribution in [0, 0.1) is 5.41 Å². The van der Waals surface area contributed by atoms with Crippen molar-refractivity contribution in [3.05, 3.63) is 35.9 Å². The number of nitrogens with one attached hydrogen (secondary N) is 2. The summed E-state index contributed by atoms with van der Waals surface area (Å²) in [6, 6.07) is 12.9. The highest BCUT2D eigenvalue weighted by molar-refractivity contribution is 5.80. The molecular formula is C23H36N4. The van der Waals surface area contributed by atoms with E-state index >= 15 is 0 Å². The first kappa shape index (κ1) is 18.8. The second-order valence-corrected chi connectivity index (χ2v) is 9.30. The second kappa shape index (κ2) is 8.22. The van der Waals surface area contributed by atoms with Crippen molar-refractivity contribution in [2.75, 3.05) is 13.6 Å². The van der Waals surface area contributed by atoms with Crippen LogP contribution in [-0.2, 0) is 6.54 Å². The zero-order valence-corrected chi connectivity index (χ0v) is 17.1. The SMILES string of the molecule is CN=C(NCC1(C)CCCC1)NC1CC2CCC(C1)N2Cc1ccccc1. The molecule has 0 aromatic heterocycles. The zero-order chi connectivity index (χ0) is 18.7. The van der Waals surface area contributed by atoms with E-state index in [-0.39, 0.29) is 0 Å².